The van der Waals surface area contributed by atoms with E-state index in [2.05, 4.69) is 5.32 Å². The lowest BCUT2D eigenvalue weighted by atomic mass is 10.1. The van der Waals surface area contributed by atoms with E-state index in [4.69, 9.17) is 22.4 Å². The molecule has 0 saturated heterocycles. The van der Waals surface area contributed by atoms with Gasteiger partial charge in [-0.3, -0.25) is 4.79 Å². The quantitative estimate of drug-likeness (QED) is 0.632. The van der Waals surface area contributed by atoms with Gasteiger partial charge in [-0.05, 0) is 25.1 Å². The Hall–Kier alpha value is -1.30. The van der Waals surface area contributed by atoms with Crippen LogP contribution in [0.15, 0.2) is 18.2 Å². The first-order chi connectivity index (χ1) is 7.91. The number of phenols is 1. The minimum Gasteiger partial charge on any atom is -0.507 e. The molecule has 1 aromatic rings. The van der Waals surface area contributed by atoms with Crippen molar-refractivity contribution in [2.24, 2.45) is 5.73 Å². The Morgan fingerprint density at radius 3 is 2.82 bits per heavy atom. The minimum atomic E-state index is -0.719. The Balaban J connectivity index is 2.67. The molecule has 6 heteroatoms. The lowest BCUT2D eigenvalue weighted by Gasteiger charge is -2.15. The third-order valence-electron chi connectivity index (χ3n) is 2.32. The van der Waals surface area contributed by atoms with E-state index in [1.54, 1.807) is 0 Å². The summed E-state index contributed by atoms with van der Waals surface area (Å²) in [5, 5.41) is 21.5. The van der Waals surface area contributed by atoms with Crippen molar-refractivity contribution in [3.8, 4) is 5.75 Å². The van der Waals surface area contributed by atoms with Gasteiger partial charge >= 0.3 is 0 Å². The van der Waals surface area contributed by atoms with Gasteiger partial charge in [0.1, 0.15) is 5.75 Å². The number of carbonyl (C=O) groups is 1. The van der Waals surface area contributed by atoms with E-state index in [0.29, 0.717) is 5.02 Å². The molecule has 0 saturated carbocycles. The smallest absolute Gasteiger partial charge is 0.255 e. The van der Waals surface area contributed by atoms with E-state index in [1.807, 2.05) is 0 Å². The second-order valence-electron chi connectivity index (χ2n) is 3.78. The van der Waals surface area contributed by atoms with Crippen molar-refractivity contribution in [3.05, 3.63) is 28.8 Å². The van der Waals surface area contributed by atoms with E-state index < -0.39 is 18.1 Å². The van der Waals surface area contributed by atoms with Crippen molar-refractivity contribution in [3.63, 3.8) is 0 Å². The average molecular weight is 259 g/mol. The monoisotopic (exact) mass is 258 g/mol. The van der Waals surface area contributed by atoms with Crippen LogP contribution in [0.4, 0.5) is 0 Å². The molecule has 2 atom stereocenters. The molecule has 0 aliphatic carbocycles. The van der Waals surface area contributed by atoms with E-state index in [-0.39, 0.29) is 17.9 Å². The Labute approximate surface area is 104 Å². The first-order valence-electron chi connectivity index (χ1n) is 5.12. The van der Waals surface area contributed by atoms with Crippen LogP contribution in [-0.4, -0.2) is 34.8 Å². The SMILES string of the molecule is CC(O)C(N)CNC(=O)c1cc(Cl)ccc1O. The largest absolute Gasteiger partial charge is 0.507 e. The number of aromatic hydroxyl groups is 1. The summed E-state index contributed by atoms with van der Waals surface area (Å²) in [5.41, 5.74) is 5.64. The fourth-order valence-electron chi connectivity index (χ4n) is 1.17. The maximum absolute atomic E-state index is 11.7. The van der Waals surface area contributed by atoms with Crippen molar-refractivity contribution >= 4 is 17.5 Å². The number of benzene rings is 1. The lowest BCUT2D eigenvalue weighted by molar-refractivity contribution is 0.0935. The van der Waals surface area contributed by atoms with Crippen LogP contribution < -0.4 is 11.1 Å². The van der Waals surface area contributed by atoms with Gasteiger partial charge in [0.2, 0.25) is 0 Å². The van der Waals surface area contributed by atoms with Gasteiger partial charge in [-0.1, -0.05) is 11.6 Å². The number of halogens is 1. The van der Waals surface area contributed by atoms with Gasteiger partial charge in [-0.15, -0.1) is 0 Å². The van der Waals surface area contributed by atoms with Gasteiger partial charge in [0.05, 0.1) is 11.7 Å². The molecule has 2 unspecified atom stereocenters. The number of aliphatic hydroxyl groups excluding tert-OH is 1. The summed E-state index contributed by atoms with van der Waals surface area (Å²) in [5.74, 6) is -0.640. The zero-order chi connectivity index (χ0) is 13.0. The number of hydrogen-bond acceptors (Lipinski definition) is 4. The third-order valence-corrected chi connectivity index (χ3v) is 2.56. The van der Waals surface area contributed by atoms with Crippen molar-refractivity contribution < 1.29 is 15.0 Å². The summed E-state index contributed by atoms with van der Waals surface area (Å²) in [4.78, 5) is 11.7. The Bertz CT molecular complexity index is 410. The topological polar surface area (TPSA) is 95.6 Å². The van der Waals surface area contributed by atoms with Crippen molar-refractivity contribution in [2.45, 2.75) is 19.1 Å². The molecule has 5 N–H and O–H groups in total. The van der Waals surface area contributed by atoms with Crippen LogP contribution in [0, 0.1) is 0 Å². The highest BCUT2D eigenvalue weighted by Gasteiger charge is 2.14. The van der Waals surface area contributed by atoms with Crippen LogP contribution in [-0.2, 0) is 0 Å². The second kappa shape index (κ2) is 5.86. The number of amides is 1. The highest BCUT2D eigenvalue weighted by Crippen LogP contribution is 2.21. The fourth-order valence-corrected chi connectivity index (χ4v) is 1.34. The van der Waals surface area contributed by atoms with E-state index in [0.717, 1.165) is 0 Å². The molecule has 1 aromatic carbocycles. The highest BCUT2D eigenvalue weighted by molar-refractivity contribution is 6.31. The van der Waals surface area contributed by atoms with Crippen LogP contribution in [0.1, 0.15) is 17.3 Å². The van der Waals surface area contributed by atoms with Gasteiger partial charge < -0.3 is 21.3 Å². The summed E-state index contributed by atoms with van der Waals surface area (Å²) < 4.78 is 0. The van der Waals surface area contributed by atoms with Gasteiger partial charge in [0.25, 0.3) is 5.91 Å². The van der Waals surface area contributed by atoms with Crippen LogP contribution >= 0.6 is 11.6 Å². The third kappa shape index (κ3) is 3.89. The molecule has 5 nitrogen and oxygen atoms in total. The Morgan fingerprint density at radius 2 is 2.24 bits per heavy atom. The summed E-state index contributed by atoms with van der Waals surface area (Å²) in [7, 11) is 0. The molecule has 0 aliphatic rings. The number of nitrogens with two attached hydrogens (primary N) is 1. The van der Waals surface area contributed by atoms with Crippen molar-refractivity contribution in [1.29, 1.82) is 0 Å². The maximum Gasteiger partial charge on any atom is 0.255 e. The number of aliphatic hydroxyl groups is 1. The molecule has 1 amide bonds. The highest BCUT2D eigenvalue weighted by atomic mass is 35.5. The van der Waals surface area contributed by atoms with Crippen LogP contribution in [0.5, 0.6) is 5.75 Å². The normalized spacial score (nSPS) is 14.1. The molecular formula is C11H15ClN2O3. The zero-order valence-electron chi connectivity index (χ0n) is 9.35. The molecule has 0 aromatic heterocycles. The van der Waals surface area contributed by atoms with Gasteiger partial charge in [-0.2, -0.15) is 0 Å². The molecular weight excluding hydrogens is 244 g/mol. The molecule has 0 radical (unpaired) electrons. The predicted octanol–water partition coefficient (Wildman–Crippen LogP) is 0.484. The standard InChI is InChI=1S/C11H15ClN2O3/c1-6(15)9(13)5-14-11(17)8-4-7(12)2-3-10(8)16/h2-4,6,9,15-16H,5,13H2,1H3,(H,14,17). The lowest BCUT2D eigenvalue weighted by Crippen LogP contribution is -2.43. The first-order valence-corrected chi connectivity index (χ1v) is 5.50. The summed E-state index contributed by atoms with van der Waals surface area (Å²) in [6.45, 7) is 1.65. The number of rotatable bonds is 4. The number of nitrogens with one attached hydrogen (secondary N) is 1. The van der Waals surface area contributed by atoms with Gasteiger partial charge in [0, 0.05) is 17.6 Å². The molecule has 1 rings (SSSR count). The molecule has 0 fully saturated rings. The molecule has 0 bridgehead atoms. The van der Waals surface area contributed by atoms with E-state index in [1.165, 1.54) is 25.1 Å². The molecule has 0 heterocycles. The minimum absolute atomic E-state index is 0.0790. The van der Waals surface area contributed by atoms with Crippen LogP contribution in [0.3, 0.4) is 0 Å². The summed E-state index contributed by atoms with van der Waals surface area (Å²) >= 11 is 5.72. The maximum atomic E-state index is 11.7. The summed E-state index contributed by atoms with van der Waals surface area (Å²) in [6, 6.07) is 3.63. The van der Waals surface area contributed by atoms with Crippen molar-refractivity contribution in [1.82, 2.24) is 5.32 Å². The Morgan fingerprint density at radius 1 is 1.59 bits per heavy atom. The summed E-state index contributed by atoms with van der Waals surface area (Å²) in [6.07, 6.45) is -0.719. The van der Waals surface area contributed by atoms with Crippen molar-refractivity contribution in [2.75, 3.05) is 6.54 Å². The van der Waals surface area contributed by atoms with Crippen LogP contribution in [0.25, 0.3) is 0 Å². The van der Waals surface area contributed by atoms with E-state index in [9.17, 15) is 9.90 Å². The molecule has 94 valence electrons. The fraction of sp³-hybridized carbons (Fsp3) is 0.364. The van der Waals surface area contributed by atoms with Crippen LogP contribution in [0.2, 0.25) is 5.02 Å². The van der Waals surface area contributed by atoms with E-state index >= 15 is 0 Å². The number of carbonyl (C=O) groups excluding carboxylic acids is 1. The molecule has 0 aliphatic heterocycles. The molecule has 0 spiro atoms. The van der Waals surface area contributed by atoms with Gasteiger partial charge in [-0.25, -0.2) is 0 Å². The second-order valence-corrected chi connectivity index (χ2v) is 4.21. The zero-order valence-corrected chi connectivity index (χ0v) is 10.1. The number of hydrogen-bond donors (Lipinski definition) is 4. The van der Waals surface area contributed by atoms with Gasteiger partial charge in [0.15, 0.2) is 0 Å². The Kier molecular flexibility index (Phi) is 4.74. The number of phenolic OH excluding ortho intramolecular Hbond substituents is 1. The molecule has 17 heavy (non-hydrogen) atoms. The predicted molar refractivity (Wildman–Crippen MR) is 65.1 cm³/mol. The first kappa shape index (κ1) is 13.8. The average Bonchev–Trinajstić information content (AvgIpc) is 2.28.